The van der Waals surface area contributed by atoms with Gasteiger partial charge in [0.25, 0.3) is 0 Å². The van der Waals surface area contributed by atoms with Gasteiger partial charge in [0, 0.05) is 7.05 Å². The first-order valence-electron chi connectivity index (χ1n) is 5.24. The Bertz CT molecular complexity index is 525. The van der Waals surface area contributed by atoms with Gasteiger partial charge in [0.05, 0.1) is 6.04 Å². The predicted octanol–water partition coefficient (Wildman–Crippen LogP) is 1.49. The third-order valence-electron chi connectivity index (χ3n) is 2.72. The summed E-state index contributed by atoms with van der Waals surface area (Å²) in [7, 11) is 1.37. The third kappa shape index (κ3) is 2.17. The van der Waals surface area contributed by atoms with Crippen LogP contribution in [0, 0.1) is 5.82 Å². The number of urea groups is 1. The number of nitrogens with zero attached hydrogens (tertiary/aromatic N) is 1. The summed E-state index contributed by atoms with van der Waals surface area (Å²) in [6, 6.07) is 4.44. The van der Waals surface area contributed by atoms with Crippen LogP contribution in [-0.2, 0) is 4.79 Å². The van der Waals surface area contributed by atoms with E-state index in [0.717, 1.165) is 4.90 Å². The number of carbonyl (C=O) groups is 2. The van der Waals surface area contributed by atoms with Crippen LogP contribution in [0.25, 0.3) is 0 Å². The standard InChI is InChI=1S/C12H11FN2O3/c1-15-10(11(16)17)6-9(14-12(15)18)7-2-4-8(13)5-3-7/h2-6,9H,1H3,(H,14,18)(H,16,17). The minimum Gasteiger partial charge on any atom is -0.477 e. The molecule has 6 heteroatoms. The lowest BCUT2D eigenvalue weighted by atomic mass is 10.0. The zero-order chi connectivity index (χ0) is 13.3. The normalized spacial score (nSPS) is 19.2. The Morgan fingerprint density at radius 2 is 2.00 bits per heavy atom. The van der Waals surface area contributed by atoms with Crippen LogP contribution in [0.4, 0.5) is 9.18 Å². The van der Waals surface area contributed by atoms with Crippen molar-refractivity contribution < 1.29 is 19.1 Å². The first kappa shape index (κ1) is 12.1. The van der Waals surface area contributed by atoms with Gasteiger partial charge in [-0.3, -0.25) is 4.90 Å². The van der Waals surface area contributed by atoms with Crippen molar-refractivity contribution in [1.29, 1.82) is 0 Å². The molecule has 18 heavy (non-hydrogen) atoms. The number of rotatable bonds is 2. The summed E-state index contributed by atoms with van der Waals surface area (Å²) in [6.45, 7) is 0. The molecule has 5 nitrogen and oxygen atoms in total. The number of likely N-dealkylation sites (N-methyl/N-ethyl adjacent to an activating group) is 1. The predicted molar refractivity (Wildman–Crippen MR) is 61.2 cm³/mol. The van der Waals surface area contributed by atoms with Crippen molar-refractivity contribution in [3.05, 3.63) is 47.4 Å². The van der Waals surface area contributed by atoms with E-state index in [9.17, 15) is 14.0 Å². The maximum Gasteiger partial charge on any atom is 0.352 e. The van der Waals surface area contributed by atoms with Crippen molar-refractivity contribution in [2.24, 2.45) is 0 Å². The topological polar surface area (TPSA) is 69.6 Å². The van der Waals surface area contributed by atoms with Gasteiger partial charge < -0.3 is 10.4 Å². The number of aliphatic carboxylic acids is 1. The fourth-order valence-electron chi connectivity index (χ4n) is 1.72. The lowest BCUT2D eigenvalue weighted by molar-refractivity contribution is -0.134. The Morgan fingerprint density at radius 3 is 2.56 bits per heavy atom. The Balaban J connectivity index is 2.37. The van der Waals surface area contributed by atoms with Gasteiger partial charge in [-0.1, -0.05) is 12.1 Å². The Kier molecular flexibility index (Phi) is 3.01. The summed E-state index contributed by atoms with van der Waals surface area (Å²) in [5, 5.41) is 11.6. The molecule has 1 atom stereocenters. The molecule has 1 aromatic rings. The van der Waals surface area contributed by atoms with Gasteiger partial charge in [-0.05, 0) is 23.8 Å². The largest absolute Gasteiger partial charge is 0.477 e. The first-order chi connectivity index (χ1) is 8.49. The highest BCUT2D eigenvalue weighted by molar-refractivity contribution is 5.93. The van der Waals surface area contributed by atoms with E-state index >= 15 is 0 Å². The minimum atomic E-state index is -1.18. The molecule has 0 fully saturated rings. The second-order valence-corrected chi connectivity index (χ2v) is 3.89. The van der Waals surface area contributed by atoms with Crippen LogP contribution in [0.3, 0.4) is 0 Å². The summed E-state index contributed by atoms with van der Waals surface area (Å²) in [4.78, 5) is 23.6. The SMILES string of the molecule is CN1C(=O)NC(c2ccc(F)cc2)C=C1C(=O)O. The highest BCUT2D eigenvalue weighted by Gasteiger charge is 2.28. The maximum atomic E-state index is 12.8. The van der Waals surface area contributed by atoms with Gasteiger partial charge >= 0.3 is 12.0 Å². The number of benzene rings is 1. The molecule has 0 radical (unpaired) electrons. The molecule has 1 aliphatic heterocycles. The van der Waals surface area contributed by atoms with Crippen molar-refractivity contribution in [2.45, 2.75) is 6.04 Å². The summed E-state index contributed by atoms with van der Waals surface area (Å²) >= 11 is 0. The van der Waals surface area contributed by atoms with Crippen LogP contribution in [0.5, 0.6) is 0 Å². The van der Waals surface area contributed by atoms with Crippen molar-refractivity contribution in [3.8, 4) is 0 Å². The molecule has 0 aliphatic carbocycles. The number of amides is 2. The summed E-state index contributed by atoms with van der Waals surface area (Å²) in [6.07, 6.45) is 1.41. The maximum absolute atomic E-state index is 12.8. The summed E-state index contributed by atoms with van der Waals surface area (Å²) < 4.78 is 12.8. The van der Waals surface area contributed by atoms with Crippen LogP contribution in [0.15, 0.2) is 36.0 Å². The second kappa shape index (κ2) is 4.48. The van der Waals surface area contributed by atoms with E-state index in [1.807, 2.05) is 0 Å². The van der Waals surface area contributed by atoms with Gasteiger partial charge in [-0.25, -0.2) is 14.0 Å². The molecule has 2 N–H and O–H groups in total. The highest BCUT2D eigenvalue weighted by Crippen LogP contribution is 2.22. The molecule has 0 bridgehead atoms. The number of carboxylic acid groups (broad SMARTS) is 1. The Hall–Kier alpha value is -2.37. The Labute approximate surface area is 103 Å². The van der Waals surface area contributed by atoms with E-state index in [2.05, 4.69) is 5.32 Å². The van der Waals surface area contributed by atoms with Gasteiger partial charge in [0.2, 0.25) is 0 Å². The molecule has 1 aliphatic rings. The molecule has 0 saturated carbocycles. The molecule has 1 unspecified atom stereocenters. The van der Waals surface area contributed by atoms with Crippen LogP contribution in [0.2, 0.25) is 0 Å². The van der Waals surface area contributed by atoms with Gasteiger partial charge in [-0.15, -0.1) is 0 Å². The number of hydrogen-bond donors (Lipinski definition) is 2. The van der Waals surface area contributed by atoms with E-state index in [-0.39, 0.29) is 11.5 Å². The Morgan fingerprint density at radius 1 is 1.39 bits per heavy atom. The fraction of sp³-hybridized carbons (Fsp3) is 0.167. The molecule has 0 aromatic heterocycles. The molecule has 94 valence electrons. The van der Waals surface area contributed by atoms with E-state index in [0.29, 0.717) is 5.56 Å². The van der Waals surface area contributed by atoms with Gasteiger partial charge in [0.15, 0.2) is 0 Å². The molecule has 0 saturated heterocycles. The summed E-state index contributed by atoms with van der Waals surface area (Å²) in [5.74, 6) is -1.57. The molecule has 0 spiro atoms. The van der Waals surface area contributed by atoms with Crippen LogP contribution in [-0.4, -0.2) is 29.1 Å². The molecule has 1 aromatic carbocycles. The van der Waals surface area contributed by atoms with E-state index in [1.165, 1.54) is 37.4 Å². The molecular weight excluding hydrogens is 239 g/mol. The second-order valence-electron chi connectivity index (χ2n) is 3.89. The van der Waals surface area contributed by atoms with Crippen LogP contribution < -0.4 is 5.32 Å². The van der Waals surface area contributed by atoms with Crippen LogP contribution in [0.1, 0.15) is 11.6 Å². The number of carbonyl (C=O) groups excluding carboxylic acids is 1. The van der Waals surface area contributed by atoms with Crippen molar-refractivity contribution in [2.75, 3.05) is 7.05 Å². The third-order valence-corrected chi connectivity index (χ3v) is 2.72. The zero-order valence-corrected chi connectivity index (χ0v) is 9.55. The monoisotopic (exact) mass is 250 g/mol. The number of nitrogens with one attached hydrogen (secondary N) is 1. The minimum absolute atomic E-state index is 0.104. The van der Waals surface area contributed by atoms with Crippen molar-refractivity contribution in [1.82, 2.24) is 10.2 Å². The molecule has 1 heterocycles. The highest BCUT2D eigenvalue weighted by atomic mass is 19.1. The number of halogens is 1. The van der Waals surface area contributed by atoms with Crippen molar-refractivity contribution >= 4 is 12.0 Å². The van der Waals surface area contributed by atoms with E-state index in [1.54, 1.807) is 0 Å². The lowest BCUT2D eigenvalue weighted by Crippen LogP contribution is -2.44. The quantitative estimate of drug-likeness (QED) is 0.835. The first-order valence-corrected chi connectivity index (χ1v) is 5.24. The smallest absolute Gasteiger partial charge is 0.352 e. The fourth-order valence-corrected chi connectivity index (χ4v) is 1.72. The number of carboxylic acids is 1. The average molecular weight is 250 g/mol. The molecule has 2 amide bonds. The van der Waals surface area contributed by atoms with Gasteiger partial charge in [0.1, 0.15) is 11.5 Å². The van der Waals surface area contributed by atoms with Gasteiger partial charge in [-0.2, -0.15) is 0 Å². The van der Waals surface area contributed by atoms with Crippen LogP contribution >= 0.6 is 0 Å². The molecule has 2 rings (SSSR count). The van der Waals surface area contributed by atoms with E-state index < -0.39 is 18.0 Å². The van der Waals surface area contributed by atoms with E-state index in [4.69, 9.17) is 5.11 Å². The summed E-state index contributed by atoms with van der Waals surface area (Å²) in [5.41, 5.74) is 0.518. The lowest BCUT2D eigenvalue weighted by Gasteiger charge is -2.28. The molecular formula is C12H11FN2O3. The average Bonchev–Trinajstić information content (AvgIpc) is 2.33. The van der Waals surface area contributed by atoms with Crippen molar-refractivity contribution in [3.63, 3.8) is 0 Å². The number of hydrogen-bond acceptors (Lipinski definition) is 2. The zero-order valence-electron chi connectivity index (χ0n) is 9.55.